The van der Waals surface area contributed by atoms with Gasteiger partial charge in [0.1, 0.15) is 11.6 Å². The van der Waals surface area contributed by atoms with Crippen LogP contribution in [0.4, 0.5) is 5.95 Å². The Kier molecular flexibility index (Phi) is 2.91. The number of benzene rings is 1. The number of sulfone groups is 1. The molecule has 1 aliphatic heterocycles. The highest BCUT2D eigenvalue weighted by atomic mass is 32.2. The van der Waals surface area contributed by atoms with Gasteiger partial charge in [-0.1, -0.05) is 6.07 Å². The number of aromatic nitrogens is 2. The Morgan fingerprint density at radius 3 is 2.95 bits per heavy atom. The van der Waals surface area contributed by atoms with E-state index in [1.165, 1.54) is 0 Å². The Morgan fingerprint density at radius 2 is 2.30 bits per heavy atom. The van der Waals surface area contributed by atoms with Gasteiger partial charge >= 0.3 is 0 Å². The lowest BCUT2D eigenvalue weighted by molar-refractivity contribution is 0.503. The Balaban J connectivity index is 2.01. The maximum atomic E-state index is 11.5. The number of anilines is 1. The van der Waals surface area contributed by atoms with Crippen molar-refractivity contribution in [3.63, 3.8) is 0 Å². The molecule has 1 atom stereocenters. The van der Waals surface area contributed by atoms with Gasteiger partial charge in [0.2, 0.25) is 5.95 Å². The predicted molar refractivity (Wildman–Crippen MR) is 75.6 cm³/mol. The van der Waals surface area contributed by atoms with E-state index in [1.54, 1.807) is 12.1 Å². The van der Waals surface area contributed by atoms with Crippen LogP contribution in [-0.4, -0.2) is 29.5 Å². The van der Waals surface area contributed by atoms with E-state index < -0.39 is 9.84 Å². The van der Waals surface area contributed by atoms with Crippen molar-refractivity contribution in [2.24, 2.45) is 5.92 Å². The third-order valence-electron chi connectivity index (χ3n) is 3.70. The van der Waals surface area contributed by atoms with E-state index >= 15 is 0 Å². The quantitative estimate of drug-likeness (QED) is 0.886. The van der Waals surface area contributed by atoms with Crippen LogP contribution in [0.1, 0.15) is 12.0 Å². The van der Waals surface area contributed by atoms with Gasteiger partial charge in [0.15, 0.2) is 9.84 Å². The van der Waals surface area contributed by atoms with Crippen molar-refractivity contribution in [3.8, 4) is 6.07 Å². The minimum atomic E-state index is -2.90. The zero-order chi connectivity index (χ0) is 14.3. The van der Waals surface area contributed by atoms with Gasteiger partial charge in [0.25, 0.3) is 0 Å². The van der Waals surface area contributed by atoms with E-state index in [0.717, 1.165) is 5.52 Å². The van der Waals surface area contributed by atoms with Crippen LogP contribution in [0.3, 0.4) is 0 Å². The van der Waals surface area contributed by atoms with Gasteiger partial charge in [0.05, 0.1) is 22.6 Å². The fourth-order valence-corrected chi connectivity index (χ4v) is 4.57. The fourth-order valence-electron chi connectivity index (χ4n) is 2.72. The largest absolute Gasteiger partial charge is 0.369 e. The van der Waals surface area contributed by atoms with Gasteiger partial charge in [-0.15, -0.1) is 0 Å². The summed E-state index contributed by atoms with van der Waals surface area (Å²) in [6.45, 7) is 0.524. The molecule has 0 bridgehead atoms. The molecule has 20 heavy (non-hydrogen) atoms. The van der Waals surface area contributed by atoms with E-state index in [9.17, 15) is 8.42 Å². The summed E-state index contributed by atoms with van der Waals surface area (Å²) in [5, 5.41) is 9.07. The molecule has 7 heteroatoms. The maximum Gasteiger partial charge on any atom is 0.201 e. The summed E-state index contributed by atoms with van der Waals surface area (Å²) >= 11 is 0. The molecule has 1 aliphatic rings. The van der Waals surface area contributed by atoms with Crippen molar-refractivity contribution < 1.29 is 8.42 Å². The summed E-state index contributed by atoms with van der Waals surface area (Å²) in [4.78, 5) is 4.23. The van der Waals surface area contributed by atoms with Crippen LogP contribution in [0.5, 0.6) is 0 Å². The summed E-state index contributed by atoms with van der Waals surface area (Å²) in [5.41, 5.74) is 7.75. The number of nitrogen functional groups attached to an aromatic ring is 1. The van der Waals surface area contributed by atoms with E-state index in [1.807, 2.05) is 10.6 Å². The number of nitrogens with two attached hydrogens (primary N) is 1. The zero-order valence-electron chi connectivity index (χ0n) is 10.8. The first-order chi connectivity index (χ1) is 9.50. The van der Waals surface area contributed by atoms with Gasteiger partial charge in [-0.25, -0.2) is 13.4 Å². The molecule has 1 saturated heterocycles. The van der Waals surface area contributed by atoms with Crippen LogP contribution < -0.4 is 5.73 Å². The molecule has 0 saturated carbocycles. The average molecular weight is 290 g/mol. The molecule has 1 unspecified atom stereocenters. The molecule has 104 valence electrons. The zero-order valence-corrected chi connectivity index (χ0v) is 11.6. The molecule has 1 aromatic heterocycles. The van der Waals surface area contributed by atoms with Gasteiger partial charge in [-0.3, -0.25) is 0 Å². The summed E-state index contributed by atoms with van der Waals surface area (Å²) in [5.74, 6) is 0.829. The SMILES string of the molecule is N#Cc1cccc2c1nc(N)n2CC1CCS(=O)(=O)C1. The number of para-hydroxylation sites is 1. The van der Waals surface area contributed by atoms with E-state index in [-0.39, 0.29) is 17.4 Å². The molecular weight excluding hydrogens is 276 g/mol. The smallest absolute Gasteiger partial charge is 0.201 e. The Bertz CT molecular complexity index is 817. The molecule has 0 amide bonds. The second-order valence-electron chi connectivity index (χ2n) is 5.13. The first-order valence-corrected chi connectivity index (χ1v) is 8.17. The monoisotopic (exact) mass is 290 g/mol. The van der Waals surface area contributed by atoms with Crippen LogP contribution in [0.25, 0.3) is 11.0 Å². The Morgan fingerprint density at radius 1 is 1.50 bits per heavy atom. The van der Waals surface area contributed by atoms with Crippen LogP contribution in [0.2, 0.25) is 0 Å². The number of rotatable bonds is 2. The Labute approximate surface area is 116 Å². The molecule has 2 aromatic rings. The first-order valence-electron chi connectivity index (χ1n) is 6.35. The molecule has 3 rings (SSSR count). The summed E-state index contributed by atoms with van der Waals surface area (Å²) in [7, 11) is -2.90. The summed E-state index contributed by atoms with van der Waals surface area (Å²) in [6.07, 6.45) is 0.652. The highest BCUT2D eigenvalue weighted by molar-refractivity contribution is 7.91. The molecule has 2 N–H and O–H groups in total. The van der Waals surface area contributed by atoms with Crippen LogP contribution in [0, 0.1) is 17.2 Å². The molecule has 0 spiro atoms. The molecule has 1 fully saturated rings. The maximum absolute atomic E-state index is 11.5. The molecule has 0 radical (unpaired) electrons. The molecule has 2 heterocycles. The van der Waals surface area contributed by atoms with E-state index in [4.69, 9.17) is 11.0 Å². The van der Waals surface area contributed by atoms with Gasteiger partial charge in [0, 0.05) is 6.54 Å². The number of nitriles is 1. The van der Waals surface area contributed by atoms with Crippen LogP contribution in [0.15, 0.2) is 18.2 Å². The number of hydrogen-bond donors (Lipinski definition) is 1. The number of imidazole rings is 1. The van der Waals surface area contributed by atoms with Crippen molar-refractivity contribution in [3.05, 3.63) is 23.8 Å². The topological polar surface area (TPSA) is 102 Å². The lowest BCUT2D eigenvalue weighted by Crippen LogP contribution is -2.14. The minimum Gasteiger partial charge on any atom is -0.369 e. The highest BCUT2D eigenvalue weighted by Gasteiger charge is 2.29. The number of hydrogen-bond acceptors (Lipinski definition) is 5. The van der Waals surface area contributed by atoms with Gasteiger partial charge < -0.3 is 10.3 Å². The van der Waals surface area contributed by atoms with E-state index in [0.29, 0.717) is 30.0 Å². The Hall–Kier alpha value is -2.07. The lowest BCUT2D eigenvalue weighted by Gasteiger charge is -2.11. The van der Waals surface area contributed by atoms with Gasteiger partial charge in [-0.2, -0.15) is 5.26 Å². The minimum absolute atomic E-state index is 0.0606. The highest BCUT2D eigenvalue weighted by Crippen LogP contribution is 2.26. The second-order valence-corrected chi connectivity index (χ2v) is 7.36. The first kappa shape index (κ1) is 12.9. The molecular formula is C13H14N4O2S. The average Bonchev–Trinajstić information content (AvgIpc) is 2.90. The molecule has 0 aliphatic carbocycles. The van der Waals surface area contributed by atoms with E-state index in [2.05, 4.69) is 11.1 Å². The van der Waals surface area contributed by atoms with Gasteiger partial charge in [-0.05, 0) is 24.5 Å². The van der Waals surface area contributed by atoms with Crippen molar-refractivity contribution in [1.82, 2.24) is 9.55 Å². The normalized spacial score (nSPS) is 21.1. The molecule has 6 nitrogen and oxygen atoms in total. The van der Waals surface area contributed by atoms with Crippen LogP contribution >= 0.6 is 0 Å². The fraction of sp³-hybridized carbons (Fsp3) is 0.385. The lowest BCUT2D eigenvalue weighted by atomic mass is 10.1. The second kappa shape index (κ2) is 4.49. The third kappa shape index (κ3) is 2.12. The standard InChI is InChI=1S/C13H14N4O2S/c14-6-10-2-1-3-11-12(10)16-13(15)17(11)7-9-4-5-20(18,19)8-9/h1-3,9H,4-5,7-8H2,(H2,15,16). The van der Waals surface area contributed by atoms with Crippen LogP contribution in [-0.2, 0) is 16.4 Å². The van der Waals surface area contributed by atoms with Crippen molar-refractivity contribution in [2.45, 2.75) is 13.0 Å². The molecule has 1 aromatic carbocycles. The number of nitrogens with zero attached hydrogens (tertiary/aromatic N) is 3. The third-order valence-corrected chi connectivity index (χ3v) is 5.53. The number of fused-ring (bicyclic) bond motifs is 1. The predicted octanol–water partition coefficient (Wildman–Crippen LogP) is 0.925. The summed E-state index contributed by atoms with van der Waals surface area (Å²) < 4.78 is 24.8. The van der Waals surface area contributed by atoms with Crippen molar-refractivity contribution in [2.75, 3.05) is 17.2 Å². The van der Waals surface area contributed by atoms with Crippen molar-refractivity contribution >= 4 is 26.8 Å². The summed E-state index contributed by atoms with van der Waals surface area (Å²) in [6, 6.07) is 7.42. The van der Waals surface area contributed by atoms with Crippen molar-refractivity contribution in [1.29, 1.82) is 5.26 Å².